The predicted molar refractivity (Wildman–Crippen MR) is 160 cm³/mol. The Hall–Kier alpha value is -3.43. The van der Waals surface area contributed by atoms with E-state index in [2.05, 4.69) is 58.7 Å². The summed E-state index contributed by atoms with van der Waals surface area (Å²) in [6.45, 7) is 5.52. The number of anilines is 1. The highest BCUT2D eigenvalue weighted by molar-refractivity contribution is 7.91. The summed E-state index contributed by atoms with van der Waals surface area (Å²) in [5, 5.41) is 1.05. The molecule has 0 saturated carbocycles. The monoisotopic (exact) mass is 564 g/mol. The van der Waals surface area contributed by atoms with Crippen LogP contribution >= 0.6 is 0 Å². The third-order valence-electron chi connectivity index (χ3n) is 8.01. The van der Waals surface area contributed by atoms with Crippen molar-refractivity contribution in [2.45, 2.75) is 32.2 Å². The van der Waals surface area contributed by atoms with Gasteiger partial charge in [0.25, 0.3) is 0 Å². The average molecular weight is 565 g/mol. The molecule has 9 heteroatoms. The quantitative estimate of drug-likeness (QED) is 0.288. The Labute approximate surface area is 236 Å². The number of hydrogen-bond acceptors (Lipinski definition) is 6. The second-order valence-electron chi connectivity index (χ2n) is 11.3. The summed E-state index contributed by atoms with van der Waals surface area (Å²) in [4.78, 5) is 9.39. The van der Waals surface area contributed by atoms with Crippen molar-refractivity contribution in [2.24, 2.45) is 0 Å². The van der Waals surface area contributed by atoms with E-state index in [0.717, 1.165) is 35.2 Å². The van der Waals surface area contributed by atoms with Crippen LogP contribution in [0.3, 0.4) is 0 Å². The summed E-state index contributed by atoms with van der Waals surface area (Å²) in [5.74, 6) is 0.210. The first kappa shape index (κ1) is 28.1. The maximum atomic E-state index is 14.5. The molecule has 2 aromatic carbocycles. The Bertz CT molecular complexity index is 1630. The number of nitrogens with zero attached hydrogens (tertiary/aromatic N) is 4. The van der Waals surface area contributed by atoms with Crippen molar-refractivity contribution in [3.63, 3.8) is 0 Å². The number of fused-ring (bicyclic) bond motifs is 1. The van der Waals surface area contributed by atoms with Gasteiger partial charge < -0.3 is 14.2 Å². The molecule has 3 heterocycles. The second-order valence-corrected chi connectivity index (χ2v) is 13.6. The molecule has 1 fully saturated rings. The fourth-order valence-corrected chi connectivity index (χ4v) is 6.59. The minimum absolute atomic E-state index is 0.150. The Morgan fingerprint density at radius 3 is 2.48 bits per heavy atom. The van der Waals surface area contributed by atoms with Gasteiger partial charge in [-0.1, -0.05) is 6.07 Å². The van der Waals surface area contributed by atoms with Crippen LogP contribution in [-0.4, -0.2) is 74.2 Å². The molecule has 212 valence electrons. The van der Waals surface area contributed by atoms with Gasteiger partial charge in [0.2, 0.25) is 0 Å². The van der Waals surface area contributed by atoms with E-state index < -0.39 is 15.7 Å². The molecule has 40 heavy (non-hydrogen) atoms. The maximum absolute atomic E-state index is 14.5. The first-order valence-corrected chi connectivity index (χ1v) is 15.4. The lowest BCUT2D eigenvalue weighted by Crippen LogP contribution is -2.51. The van der Waals surface area contributed by atoms with Crippen molar-refractivity contribution >= 4 is 26.6 Å². The number of aryl methyl sites for hydroxylation is 1. The van der Waals surface area contributed by atoms with Crippen LogP contribution in [0.25, 0.3) is 28.0 Å². The highest BCUT2D eigenvalue weighted by atomic mass is 32.2. The van der Waals surface area contributed by atoms with E-state index in [0.29, 0.717) is 24.3 Å². The number of benzene rings is 2. The van der Waals surface area contributed by atoms with E-state index >= 15 is 0 Å². The van der Waals surface area contributed by atoms with Crippen LogP contribution in [0.2, 0.25) is 0 Å². The molecule has 0 bridgehead atoms. The molecule has 0 unspecified atom stereocenters. The van der Waals surface area contributed by atoms with E-state index in [4.69, 9.17) is 9.72 Å². The fourth-order valence-electron chi connectivity index (χ4n) is 5.39. The van der Waals surface area contributed by atoms with Crippen LogP contribution in [-0.2, 0) is 16.3 Å². The topological polar surface area (TPSA) is 67.7 Å². The Kier molecular flexibility index (Phi) is 7.63. The maximum Gasteiger partial charge on any atom is 0.165 e. The van der Waals surface area contributed by atoms with E-state index in [-0.39, 0.29) is 22.8 Å². The summed E-state index contributed by atoms with van der Waals surface area (Å²) in [6, 6.07) is 17.2. The molecular formula is C31H37FN4O3S. The van der Waals surface area contributed by atoms with Crippen LogP contribution in [0, 0.1) is 5.82 Å². The van der Waals surface area contributed by atoms with Crippen molar-refractivity contribution in [3.8, 4) is 22.7 Å². The smallest absolute Gasteiger partial charge is 0.165 e. The molecule has 0 aliphatic carbocycles. The summed E-state index contributed by atoms with van der Waals surface area (Å²) in [6.07, 6.45) is 3.84. The average Bonchev–Trinajstić information content (AvgIpc) is 3.29. The molecule has 1 aliphatic heterocycles. The first-order chi connectivity index (χ1) is 19.0. The van der Waals surface area contributed by atoms with E-state index in [1.807, 2.05) is 32.3 Å². The summed E-state index contributed by atoms with van der Waals surface area (Å²) >= 11 is 0. The fraction of sp³-hybridized carbons (Fsp3) is 0.387. The lowest BCUT2D eigenvalue weighted by Gasteiger charge is -2.41. The molecule has 0 N–H and O–H groups in total. The molecule has 0 atom stereocenters. The number of halogens is 1. The van der Waals surface area contributed by atoms with E-state index in [1.165, 1.54) is 18.7 Å². The van der Waals surface area contributed by atoms with Crippen LogP contribution in [0.15, 0.2) is 60.8 Å². The number of aromatic nitrogens is 2. The Morgan fingerprint density at radius 2 is 1.80 bits per heavy atom. The third-order valence-corrected chi connectivity index (χ3v) is 9.62. The van der Waals surface area contributed by atoms with Gasteiger partial charge in [0.15, 0.2) is 21.4 Å². The standard InChI is InChI=1S/C31H37FN4O3S/c1-31(2,35-15-17-40(37,38)18-16-35)14-13-23-21-36(25-8-6-7-24(20-25)34(3)4)30-26(23)10-11-28(33-30)22-9-12-29(39-5)27(32)19-22/h6-12,19-21H,13-18H2,1-5H3. The molecule has 1 aliphatic rings. The summed E-state index contributed by atoms with van der Waals surface area (Å²) < 4.78 is 45.7. The number of sulfone groups is 1. The lowest BCUT2D eigenvalue weighted by atomic mass is 9.93. The lowest BCUT2D eigenvalue weighted by molar-refractivity contribution is 0.123. The molecule has 0 amide bonds. The Balaban J connectivity index is 1.53. The number of rotatable bonds is 8. The van der Waals surface area contributed by atoms with Gasteiger partial charge in [-0.2, -0.15) is 0 Å². The largest absolute Gasteiger partial charge is 0.494 e. The molecule has 0 spiro atoms. The van der Waals surface area contributed by atoms with Crippen LogP contribution in [0.1, 0.15) is 25.8 Å². The first-order valence-electron chi connectivity index (χ1n) is 13.6. The number of methoxy groups -OCH3 is 1. The van der Waals surface area contributed by atoms with Gasteiger partial charge in [-0.3, -0.25) is 4.90 Å². The zero-order valence-corrected chi connectivity index (χ0v) is 24.6. The van der Waals surface area contributed by atoms with Crippen molar-refractivity contribution in [3.05, 3.63) is 72.2 Å². The predicted octanol–water partition coefficient (Wildman–Crippen LogP) is 5.35. The van der Waals surface area contributed by atoms with Crippen molar-refractivity contribution < 1.29 is 17.5 Å². The third kappa shape index (κ3) is 5.71. The van der Waals surface area contributed by atoms with Gasteiger partial charge in [-0.05, 0) is 80.8 Å². The zero-order valence-electron chi connectivity index (χ0n) is 23.8. The number of hydrogen-bond donors (Lipinski definition) is 0. The van der Waals surface area contributed by atoms with Crippen LogP contribution < -0.4 is 9.64 Å². The van der Waals surface area contributed by atoms with Gasteiger partial charge in [0.05, 0.1) is 24.3 Å². The summed E-state index contributed by atoms with van der Waals surface area (Å²) in [5.41, 5.74) is 5.26. The van der Waals surface area contributed by atoms with Crippen molar-refractivity contribution in [2.75, 3.05) is 50.7 Å². The van der Waals surface area contributed by atoms with Crippen molar-refractivity contribution in [1.82, 2.24) is 14.5 Å². The minimum Gasteiger partial charge on any atom is -0.494 e. The summed E-state index contributed by atoms with van der Waals surface area (Å²) in [7, 11) is 2.55. The SMILES string of the molecule is COc1ccc(-c2ccc3c(CCC(C)(C)N4CCS(=O)(=O)CC4)cn(-c4cccc(N(C)C)c4)c3n2)cc1F. The number of ether oxygens (including phenoxy) is 1. The van der Waals surface area contributed by atoms with Gasteiger partial charge in [-0.15, -0.1) is 0 Å². The normalized spacial score (nSPS) is 15.8. The Morgan fingerprint density at radius 1 is 1.05 bits per heavy atom. The molecule has 5 rings (SSSR count). The second kappa shape index (κ2) is 10.9. The molecular weight excluding hydrogens is 527 g/mol. The van der Waals surface area contributed by atoms with Crippen LogP contribution in [0.4, 0.5) is 10.1 Å². The van der Waals surface area contributed by atoms with Gasteiger partial charge in [0.1, 0.15) is 5.65 Å². The molecule has 0 radical (unpaired) electrons. The zero-order chi connectivity index (χ0) is 28.7. The molecule has 7 nitrogen and oxygen atoms in total. The van der Waals surface area contributed by atoms with Crippen molar-refractivity contribution in [1.29, 1.82) is 0 Å². The minimum atomic E-state index is -2.93. The van der Waals surface area contributed by atoms with E-state index in [1.54, 1.807) is 6.07 Å². The van der Waals surface area contributed by atoms with Gasteiger partial charge in [0, 0.05) is 61.2 Å². The molecule has 1 saturated heterocycles. The van der Waals surface area contributed by atoms with Crippen LogP contribution in [0.5, 0.6) is 5.75 Å². The van der Waals surface area contributed by atoms with E-state index in [9.17, 15) is 12.8 Å². The van der Waals surface area contributed by atoms with Gasteiger partial charge >= 0.3 is 0 Å². The number of pyridine rings is 1. The molecule has 4 aromatic rings. The molecule has 2 aromatic heterocycles. The highest BCUT2D eigenvalue weighted by Crippen LogP contribution is 2.32. The van der Waals surface area contributed by atoms with Gasteiger partial charge in [-0.25, -0.2) is 17.8 Å². The highest BCUT2D eigenvalue weighted by Gasteiger charge is 2.32.